The van der Waals surface area contributed by atoms with Crippen molar-refractivity contribution in [2.75, 3.05) is 10.8 Å². The van der Waals surface area contributed by atoms with Gasteiger partial charge in [0, 0.05) is 0 Å². The molecule has 0 aliphatic carbocycles. The van der Waals surface area contributed by atoms with Crippen LogP contribution in [0.15, 0.2) is 91.0 Å². The lowest BCUT2D eigenvalue weighted by Crippen LogP contribution is -2.40. The molecule has 0 aliphatic rings. The number of para-hydroxylation sites is 3. The zero-order chi connectivity index (χ0) is 22.1. The van der Waals surface area contributed by atoms with Gasteiger partial charge in [-0.15, -0.1) is 4.83 Å². The maximum atomic E-state index is 12.8. The summed E-state index contributed by atoms with van der Waals surface area (Å²) in [5.41, 5.74) is 1.32. The van der Waals surface area contributed by atoms with Crippen LogP contribution in [0.1, 0.15) is 12.8 Å². The molecule has 1 unspecified atom stereocenters. The van der Waals surface area contributed by atoms with Crippen molar-refractivity contribution < 1.29 is 23.1 Å². The largest absolute Gasteiger partial charge is 0.479 e. The summed E-state index contributed by atoms with van der Waals surface area (Å²) in [5, 5.41) is 10.9. The average Bonchev–Trinajstić information content (AvgIpc) is 2.78. The van der Waals surface area contributed by atoms with Crippen molar-refractivity contribution in [2.24, 2.45) is 0 Å². The number of anilines is 2. The molecule has 0 saturated carbocycles. The number of hydrogen-bond acceptors (Lipinski definition) is 5. The number of carboxylic acids is 1. The van der Waals surface area contributed by atoms with Crippen LogP contribution in [0.3, 0.4) is 0 Å². The smallest absolute Gasteiger partial charge is 0.344 e. The van der Waals surface area contributed by atoms with Gasteiger partial charge < -0.3 is 9.84 Å². The zero-order valence-corrected chi connectivity index (χ0v) is 17.6. The Morgan fingerprint density at radius 3 is 1.84 bits per heavy atom. The first kappa shape index (κ1) is 22.3. The molecule has 0 spiro atoms. The van der Waals surface area contributed by atoms with Crippen LogP contribution in [0, 0.1) is 0 Å². The van der Waals surface area contributed by atoms with Crippen molar-refractivity contribution in [3.63, 3.8) is 0 Å². The van der Waals surface area contributed by atoms with Crippen molar-refractivity contribution in [2.45, 2.75) is 18.9 Å². The number of nitrogens with zero attached hydrogens (tertiary/aromatic N) is 1. The molecule has 2 N–H and O–H groups in total. The summed E-state index contributed by atoms with van der Waals surface area (Å²) in [6, 6.07) is 26.7. The Morgan fingerprint density at radius 2 is 1.35 bits per heavy atom. The van der Waals surface area contributed by atoms with E-state index in [0.717, 1.165) is 0 Å². The van der Waals surface area contributed by atoms with E-state index < -0.39 is 22.1 Å². The van der Waals surface area contributed by atoms with E-state index in [-0.39, 0.29) is 18.6 Å². The topological polar surface area (TPSA) is 95.9 Å². The molecule has 0 aromatic heterocycles. The number of carboxylic acid groups (broad SMARTS) is 1. The van der Waals surface area contributed by atoms with Crippen LogP contribution < -0.4 is 14.6 Å². The summed E-state index contributed by atoms with van der Waals surface area (Å²) in [6.07, 6.45) is -0.949. The molecule has 0 fully saturated rings. The van der Waals surface area contributed by atoms with Gasteiger partial charge in [-0.1, -0.05) is 54.6 Å². The van der Waals surface area contributed by atoms with Gasteiger partial charge >= 0.3 is 5.97 Å². The van der Waals surface area contributed by atoms with E-state index in [1.165, 1.54) is 5.01 Å². The maximum Gasteiger partial charge on any atom is 0.344 e. The van der Waals surface area contributed by atoms with Gasteiger partial charge in [-0.2, -0.15) is 0 Å². The fourth-order valence-corrected chi connectivity index (χ4v) is 4.08. The molecular weight excluding hydrogens is 416 g/mol. The molecule has 0 radical (unpaired) electrons. The predicted octanol–water partition coefficient (Wildman–Crippen LogP) is 3.97. The number of hydrogen-bond donors (Lipinski definition) is 2. The normalized spacial score (nSPS) is 12.1. The number of benzene rings is 3. The molecule has 0 amide bonds. The Bertz CT molecular complexity index is 1020. The quantitative estimate of drug-likeness (QED) is 0.438. The van der Waals surface area contributed by atoms with Crippen molar-refractivity contribution in [3.8, 4) is 5.75 Å². The second-order valence-electron chi connectivity index (χ2n) is 6.82. The van der Waals surface area contributed by atoms with E-state index in [1.54, 1.807) is 54.6 Å². The number of ether oxygens (including phenoxy) is 1. The molecule has 0 aliphatic heterocycles. The third kappa shape index (κ3) is 6.84. The third-order valence-electron chi connectivity index (χ3n) is 4.44. The molecule has 7 nitrogen and oxygen atoms in total. The molecule has 3 rings (SSSR count). The van der Waals surface area contributed by atoms with E-state index in [9.17, 15) is 18.3 Å². The molecule has 0 bridgehead atoms. The summed E-state index contributed by atoms with van der Waals surface area (Å²) in [5.74, 6) is -0.954. The van der Waals surface area contributed by atoms with Gasteiger partial charge in [0.2, 0.25) is 10.0 Å². The van der Waals surface area contributed by atoms with Crippen LogP contribution in [0.5, 0.6) is 5.75 Å². The van der Waals surface area contributed by atoms with Crippen molar-refractivity contribution in [1.29, 1.82) is 0 Å². The van der Waals surface area contributed by atoms with Crippen molar-refractivity contribution in [3.05, 3.63) is 91.0 Å². The summed E-state index contributed by atoms with van der Waals surface area (Å²) in [4.78, 5) is 14.1. The second-order valence-corrected chi connectivity index (χ2v) is 8.64. The van der Waals surface area contributed by atoms with Crippen LogP contribution in [0.25, 0.3) is 0 Å². The number of hydrazine groups is 1. The molecular formula is C23H24N2O5S. The minimum absolute atomic E-state index is 0.0574. The van der Waals surface area contributed by atoms with Gasteiger partial charge in [-0.3, -0.25) is 5.01 Å². The number of carbonyl (C=O) groups is 1. The second kappa shape index (κ2) is 10.6. The Labute approximate surface area is 181 Å². The number of sulfonamides is 1. The van der Waals surface area contributed by atoms with Crippen molar-refractivity contribution >= 4 is 27.4 Å². The highest BCUT2D eigenvalue weighted by Gasteiger charge is 2.22. The highest BCUT2D eigenvalue weighted by molar-refractivity contribution is 7.89. The molecule has 3 aromatic carbocycles. The molecule has 0 heterocycles. The van der Waals surface area contributed by atoms with Gasteiger partial charge in [0.05, 0.1) is 17.1 Å². The van der Waals surface area contributed by atoms with E-state index in [2.05, 4.69) is 4.83 Å². The Balaban J connectivity index is 1.65. The lowest BCUT2D eigenvalue weighted by atomic mass is 10.2. The summed E-state index contributed by atoms with van der Waals surface area (Å²) >= 11 is 0. The van der Waals surface area contributed by atoms with Crippen LogP contribution in [0.2, 0.25) is 0 Å². The molecule has 1 atom stereocenters. The first-order chi connectivity index (χ1) is 14.9. The van der Waals surface area contributed by atoms with E-state index in [4.69, 9.17) is 4.74 Å². The lowest BCUT2D eigenvalue weighted by molar-refractivity contribution is -0.145. The van der Waals surface area contributed by atoms with E-state index in [0.29, 0.717) is 17.1 Å². The third-order valence-corrected chi connectivity index (χ3v) is 5.72. The molecule has 3 aromatic rings. The molecule has 8 heteroatoms. The Morgan fingerprint density at radius 1 is 0.871 bits per heavy atom. The summed E-state index contributed by atoms with van der Waals surface area (Å²) < 4.78 is 31.0. The fraction of sp³-hybridized carbons (Fsp3) is 0.174. The summed E-state index contributed by atoms with van der Waals surface area (Å²) in [6.45, 7) is 0. The number of nitrogens with one attached hydrogen (secondary N) is 1. The van der Waals surface area contributed by atoms with Crippen LogP contribution in [0.4, 0.5) is 11.4 Å². The summed E-state index contributed by atoms with van der Waals surface area (Å²) in [7, 11) is -3.74. The molecule has 162 valence electrons. The SMILES string of the molecule is O=C(O)C(CCCS(=O)(=O)NN(c1ccccc1)c1ccccc1)Oc1ccccc1. The monoisotopic (exact) mass is 440 g/mol. The zero-order valence-electron chi connectivity index (χ0n) is 16.8. The van der Waals surface area contributed by atoms with Gasteiger partial charge in [0.1, 0.15) is 5.75 Å². The van der Waals surface area contributed by atoms with Gasteiger partial charge in [-0.25, -0.2) is 13.2 Å². The van der Waals surface area contributed by atoms with E-state index >= 15 is 0 Å². The minimum Gasteiger partial charge on any atom is -0.479 e. The van der Waals surface area contributed by atoms with Crippen LogP contribution in [-0.4, -0.2) is 31.4 Å². The fourth-order valence-electron chi connectivity index (χ4n) is 2.95. The Kier molecular flexibility index (Phi) is 7.64. The van der Waals surface area contributed by atoms with Crippen LogP contribution in [-0.2, 0) is 14.8 Å². The molecule has 0 saturated heterocycles. The molecule has 31 heavy (non-hydrogen) atoms. The van der Waals surface area contributed by atoms with Crippen LogP contribution >= 0.6 is 0 Å². The highest BCUT2D eigenvalue weighted by atomic mass is 32.2. The van der Waals surface area contributed by atoms with Gasteiger partial charge in [0.15, 0.2) is 6.10 Å². The maximum absolute atomic E-state index is 12.8. The Hall–Kier alpha value is -3.36. The number of rotatable bonds is 11. The predicted molar refractivity (Wildman–Crippen MR) is 120 cm³/mol. The average molecular weight is 441 g/mol. The lowest BCUT2D eigenvalue weighted by Gasteiger charge is -2.25. The van der Waals surface area contributed by atoms with Crippen molar-refractivity contribution in [1.82, 2.24) is 4.83 Å². The minimum atomic E-state index is -3.74. The first-order valence-corrected chi connectivity index (χ1v) is 11.4. The van der Waals surface area contributed by atoms with E-state index in [1.807, 2.05) is 36.4 Å². The highest BCUT2D eigenvalue weighted by Crippen LogP contribution is 2.23. The standard InChI is InChI=1S/C23H24N2O5S/c26-23(27)22(30-21-15-8-3-9-16-21)17-10-18-31(28,29)24-25(19-11-4-1-5-12-19)20-13-6-2-7-14-20/h1-9,11-16,22,24H,10,17-18H2,(H,26,27). The van der Waals surface area contributed by atoms with Gasteiger partial charge in [0.25, 0.3) is 0 Å². The number of aliphatic carboxylic acids is 1. The first-order valence-electron chi connectivity index (χ1n) is 9.79. The van der Waals surface area contributed by atoms with Gasteiger partial charge in [-0.05, 0) is 49.2 Å².